The molecule has 1 aliphatic heterocycles. The van der Waals surface area contributed by atoms with Crippen LogP contribution in [0.1, 0.15) is 5.56 Å². The van der Waals surface area contributed by atoms with Crippen molar-refractivity contribution in [1.29, 1.82) is 0 Å². The summed E-state index contributed by atoms with van der Waals surface area (Å²) in [6.45, 7) is 0.272. The zero-order chi connectivity index (χ0) is 16.1. The zero-order valence-corrected chi connectivity index (χ0v) is 12.2. The van der Waals surface area contributed by atoms with Crippen molar-refractivity contribution in [2.24, 2.45) is 5.84 Å². The molecule has 4 rings (SSSR count). The van der Waals surface area contributed by atoms with Gasteiger partial charge in [-0.1, -0.05) is 6.07 Å². The fraction of sp³-hybridized carbons (Fsp3) is 0.0588. The third kappa shape index (κ3) is 3.56. The molecule has 6 nitrogen and oxygen atoms in total. The topological polar surface area (TPSA) is 86.5 Å². The van der Waals surface area contributed by atoms with E-state index in [4.69, 9.17) is 15.3 Å². The van der Waals surface area contributed by atoms with Gasteiger partial charge in [-0.05, 0) is 48.1 Å². The number of ether oxygens (including phenoxy) is 2. The van der Waals surface area contributed by atoms with Crippen molar-refractivity contribution in [1.82, 2.24) is 4.98 Å². The molecule has 3 N–H and O–H groups in total. The number of pyridine rings is 1. The molecule has 2 heterocycles. The number of carbonyl (C=O) groups is 1. The number of hydrogen-bond donors (Lipinski definition) is 2. The quantitative estimate of drug-likeness (QED) is 0.503. The summed E-state index contributed by atoms with van der Waals surface area (Å²) in [5.74, 6) is 6.64. The van der Waals surface area contributed by atoms with Crippen LogP contribution in [0.5, 0.6) is 11.5 Å². The SMILES string of the molecule is NNc1ccncc1.O=C1C=CC1=Cc1ccc2c(c1)OCO2. The molecule has 0 bridgehead atoms. The largest absolute Gasteiger partial charge is 0.454 e. The van der Waals surface area contributed by atoms with Gasteiger partial charge in [0.1, 0.15) is 0 Å². The summed E-state index contributed by atoms with van der Waals surface area (Å²) in [5.41, 5.74) is 5.04. The van der Waals surface area contributed by atoms with Crippen molar-refractivity contribution in [3.63, 3.8) is 0 Å². The Morgan fingerprint density at radius 1 is 1.09 bits per heavy atom. The minimum Gasteiger partial charge on any atom is -0.454 e. The molecule has 0 saturated carbocycles. The van der Waals surface area contributed by atoms with E-state index < -0.39 is 0 Å². The lowest BCUT2D eigenvalue weighted by atomic mass is 9.98. The second kappa shape index (κ2) is 6.76. The maximum Gasteiger partial charge on any atom is 0.231 e. The number of nitrogens with zero attached hydrogens (tertiary/aromatic N) is 1. The number of benzene rings is 1. The highest BCUT2D eigenvalue weighted by Gasteiger charge is 2.14. The molecule has 1 aromatic carbocycles. The van der Waals surface area contributed by atoms with Crippen molar-refractivity contribution in [3.8, 4) is 11.5 Å². The number of anilines is 1. The van der Waals surface area contributed by atoms with E-state index in [1.807, 2.05) is 24.3 Å². The lowest BCUT2D eigenvalue weighted by Gasteiger charge is -2.05. The Hall–Kier alpha value is -3.12. The molecule has 1 aliphatic carbocycles. The van der Waals surface area contributed by atoms with Crippen LogP contribution in [0.2, 0.25) is 0 Å². The van der Waals surface area contributed by atoms with Crippen LogP contribution in [0.15, 0.2) is 60.5 Å². The highest BCUT2D eigenvalue weighted by molar-refractivity contribution is 6.16. The van der Waals surface area contributed by atoms with Crippen LogP contribution in [-0.4, -0.2) is 17.6 Å². The summed E-state index contributed by atoms with van der Waals surface area (Å²) < 4.78 is 10.4. The van der Waals surface area contributed by atoms with E-state index in [9.17, 15) is 4.79 Å². The minimum absolute atomic E-state index is 0.0765. The van der Waals surface area contributed by atoms with Crippen molar-refractivity contribution < 1.29 is 14.3 Å². The lowest BCUT2D eigenvalue weighted by Crippen LogP contribution is -2.05. The normalized spacial score (nSPS) is 15.7. The van der Waals surface area contributed by atoms with E-state index >= 15 is 0 Å². The predicted octanol–water partition coefficient (Wildman–Crippen LogP) is 2.30. The summed E-state index contributed by atoms with van der Waals surface area (Å²) >= 11 is 0. The molecule has 0 radical (unpaired) electrons. The second-order valence-electron chi connectivity index (χ2n) is 4.79. The van der Waals surface area contributed by atoms with Crippen LogP contribution in [0.25, 0.3) is 6.08 Å². The van der Waals surface area contributed by atoms with Crippen molar-refractivity contribution in [2.75, 3.05) is 12.2 Å². The zero-order valence-electron chi connectivity index (χ0n) is 12.2. The summed E-state index contributed by atoms with van der Waals surface area (Å²) in [6.07, 6.45) is 8.54. The highest BCUT2D eigenvalue weighted by atomic mass is 16.7. The average molecular weight is 309 g/mol. The Kier molecular flexibility index (Phi) is 4.35. The fourth-order valence-corrected chi connectivity index (χ4v) is 2.00. The van der Waals surface area contributed by atoms with E-state index in [1.165, 1.54) is 0 Å². The number of fused-ring (bicyclic) bond motifs is 1. The number of nitrogen functional groups attached to an aromatic ring is 1. The summed E-state index contributed by atoms with van der Waals surface area (Å²) in [4.78, 5) is 14.9. The number of hydrogen-bond acceptors (Lipinski definition) is 6. The summed E-state index contributed by atoms with van der Waals surface area (Å²) in [5, 5.41) is 0. The van der Waals surface area contributed by atoms with Gasteiger partial charge in [0.25, 0.3) is 0 Å². The van der Waals surface area contributed by atoms with Crippen molar-refractivity contribution >= 4 is 17.5 Å². The predicted molar refractivity (Wildman–Crippen MR) is 86.7 cm³/mol. The van der Waals surface area contributed by atoms with Gasteiger partial charge in [0.05, 0.1) is 5.69 Å². The number of allylic oxidation sites excluding steroid dienone is 3. The Labute approximate surface area is 133 Å². The monoisotopic (exact) mass is 309 g/mol. The third-order valence-corrected chi connectivity index (χ3v) is 3.26. The smallest absolute Gasteiger partial charge is 0.231 e. The molecular formula is C17H15N3O3. The van der Waals surface area contributed by atoms with Crippen LogP contribution in [-0.2, 0) is 4.79 Å². The number of nitrogens with two attached hydrogens (primary N) is 1. The molecule has 1 aromatic heterocycles. The fourth-order valence-electron chi connectivity index (χ4n) is 2.00. The van der Waals surface area contributed by atoms with Crippen LogP contribution in [0, 0.1) is 0 Å². The first kappa shape index (κ1) is 14.8. The Morgan fingerprint density at radius 3 is 2.48 bits per heavy atom. The molecule has 23 heavy (non-hydrogen) atoms. The molecule has 0 atom stereocenters. The number of hydrazine groups is 1. The van der Waals surface area contributed by atoms with Gasteiger partial charge < -0.3 is 14.9 Å². The lowest BCUT2D eigenvalue weighted by molar-refractivity contribution is -0.111. The van der Waals surface area contributed by atoms with Crippen molar-refractivity contribution in [3.05, 3.63) is 66.0 Å². The maximum atomic E-state index is 11.1. The Bertz CT molecular complexity index is 770. The van der Waals surface area contributed by atoms with Gasteiger partial charge in [0, 0.05) is 18.0 Å². The van der Waals surface area contributed by atoms with E-state index in [1.54, 1.807) is 36.7 Å². The molecule has 116 valence electrons. The van der Waals surface area contributed by atoms with Crippen LogP contribution >= 0.6 is 0 Å². The third-order valence-electron chi connectivity index (χ3n) is 3.26. The first-order chi connectivity index (χ1) is 11.3. The molecule has 2 aliphatic rings. The number of ketones is 1. The number of carbonyl (C=O) groups excluding carboxylic acids is 1. The van der Waals surface area contributed by atoms with Crippen molar-refractivity contribution in [2.45, 2.75) is 0 Å². The standard InChI is InChI=1S/C12H8O3.C5H7N3/c13-10-3-2-9(10)5-8-1-4-11-12(6-8)15-7-14-11;6-8-5-1-3-7-4-2-5/h1-6H,7H2;1-4H,6H2,(H,7,8). The summed E-state index contributed by atoms with van der Waals surface area (Å²) in [6, 6.07) is 9.20. The first-order valence-corrected chi connectivity index (χ1v) is 6.96. The van der Waals surface area contributed by atoms with Gasteiger partial charge >= 0.3 is 0 Å². The highest BCUT2D eigenvalue weighted by Crippen LogP contribution is 2.33. The molecule has 0 unspecified atom stereocenters. The molecule has 6 heteroatoms. The average Bonchev–Trinajstić information content (AvgIpc) is 3.07. The van der Waals surface area contributed by atoms with Gasteiger partial charge in [0.2, 0.25) is 6.79 Å². The number of rotatable bonds is 2. The second-order valence-corrected chi connectivity index (χ2v) is 4.79. The van der Waals surface area contributed by atoms with E-state index in [-0.39, 0.29) is 12.6 Å². The molecule has 2 aromatic rings. The number of aromatic nitrogens is 1. The maximum absolute atomic E-state index is 11.1. The van der Waals surface area contributed by atoms with E-state index in [2.05, 4.69) is 10.4 Å². The van der Waals surface area contributed by atoms with Gasteiger partial charge in [-0.2, -0.15) is 0 Å². The van der Waals surface area contributed by atoms with Gasteiger partial charge in [-0.15, -0.1) is 0 Å². The Morgan fingerprint density at radius 2 is 1.87 bits per heavy atom. The molecule has 0 amide bonds. The first-order valence-electron chi connectivity index (χ1n) is 6.96. The minimum atomic E-state index is 0.0765. The molecule has 0 spiro atoms. The van der Waals surface area contributed by atoms with E-state index in [0.29, 0.717) is 0 Å². The molecule has 0 saturated heterocycles. The van der Waals surface area contributed by atoms with Crippen LogP contribution in [0.3, 0.4) is 0 Å². The van der Waals surface area contributed by atoms with E-state index in [0.717, 1.165) is 28.3 Å². The molecule has 0 fully saturated rings. The van der Waals surface area contributed by atoms with Gasteiger partial charge in [-0.25, -0.2) is 0 Å². The molecular weight excluding hydrogens is 294 g/mol. The number of nitrogens with one attached hydrogen (secondary N) is 1. The summed E-state index contributed by atoms with van der Waals surface area (Å²) in [7, 11) is 0. The van der Waals surface area contributed by atoms with Gasteiger partial charge in [-0.3, -0.25) is 15.6 Å². The van der Waals surface area contributed by atoms with Crippen LogP contribution in [0.4, 0.5) is 5.69 Å². The Balaban J connectivity index is 0.000000166. The van der Waals surface area contributed by atoms with Crippen LogP contribution < -0.4 is 20.7 Å². The van der Waals surface area contributed by atoms with Gasteiger partial charge in [0.15, 0.2) is 17.3 Å².